The molecule has 2 heterocycles. The molecular weight excluding hydrogens is 502 g/mol. The van der Waals surface area contributed by atoms with E-state index in [-0.39, 0.29) is 11.8 Å². The maximum Gasteiger partial charge on any atom is 0.259 e. The Morgan fingerprint density at radius 2 is 1.78 bits per heavy atom. The van der Waals surface area contributed by atoms with Crippen LogP contribution in [0.4, 0.5) is 5.69 Å². The zero-order valence-electron chi connectivity index (χ0n) is 21.1. The van der Waals surface area contributed by atoms with E-state index >= 15 is 0 Å². The Morgan fingerprint density at radius 3 is 2.57 bits per heavy atom. The lowest BCUT2D eigenvalue weighted by Gasteiger charge is -2.30. The summed E-state index contributed by atoms with van der Waals surface area (Å²) < 4.78 is 0. The summed E-state index contributed by atoms with van der Waals surface area (Å²) in [4.78, 5) is 32.9. The summed E-state index contributed by atoms with van der Waals surface area (Å²) in [7, 11) is 0. The van der Waals surface area contributed by atoms with Crippen LogP contribution in [-0.4, -0.2) is 42.9 Å². The van der Waals surface area contributed by atoms with Gasteiger partial charge >= 0.3 is 0 Å². The molecule has 5 rings (SSSR count). The monoisotopic (exact) mass is 533 g/mol. The van der Waals surface area contributed by atoms with Crippen molar-refractivity contribution in [3.05, 3.63) is 88.4 Å². The molecule has 2 aliphatic heterocycles. The Balaban J connectivity index is 1.33. The lowest BCUT2D eigenvalue weighted by Crippen LogP contribution is -2.35. The number of anilines is 1. The second-order valence-corrected chi connectivity index (χ2v) is 11.5. The Morgan fingerprint density at radius 1 is 1.03 bits per heavy atom. The van der Waals surface area contributed by atoms with Crippen LogP contribution in [-0.2, 0) is 6.54 Å². The first-order chi connectivity index (χ1) is 18.0. The molecule has 0 spiro atoms. The quantitative estimate of drug-likeness (QED) is 0.352. The number of carbonyl (C=O) groups excluding carboxylic acids is 2. The fraction of sp³-hybridized carbons (Fsp3) is 0.333. The lowest BCUT2D eigenvalue weighted by molar-refractivity contribution is 0.0947. The van der Waals surface area contributed by atoms with Crippen LogP contribution in [0.3, 0.4) is 0 Å². The van der Waals surface area contributed by atoms with Gasteiger partial charge in [-0.15, -0.1) is 0 Å². The molecule has 7 heteroatoms. The summed E-state index contributed by atoms with van der Waals surface area (Å²) in [5.74, 6) is 0.632. The first-order valence-electron chi connectivity index (χ1n) is 13.0. The molecule has 0 bridgehead atoms. The van der Waals surface area contributed by atoms with Crippen LogP contribution >= 0.6 is 23.4 Å². The molecule has 37 heavy (non-hydrogen) atoms. The SMILES string of the molecule is CC1CCN(CCCNC(=O)c2ccc3c(c2)N(Cc2ccc(Cl)cc2)C(=O)c2ccccc2S3)CC1. The van der Waals surface area contributed by atoms with Gasteiger partial charge in [-0.05, 0) is 92.8 Å². The number of piperidine rings is 1. The summed E-state index contributed by atoms with van der Waals surface area (Å²) in [6, 6.07) is 20.8. The largest absolute Gasteiger partial charge is 0.352 e. The third-order valence-corrected chi connectivity index (χ3v) is 8.55. The van der Waals surface area contributed by atoms with Gasteiger partial charge in [0.15, 0.2) is 0 Å². The molecule has 1 saturated heterocycles. The molecular formula is C30H32ClN3O2S. The van der Waals surface area contributed by atoms with Crippen LogP contribution in [0.5, 0.6) is 0 Å². The van der Waals surface area contributed by atoms with Gasteiger partial charge in [0.05, 0.1) is 17.8 Å². The van der Waals surface area contributed by atoms with Gasteiger partial charge in [0, 0.05) is 26.9 Å². The van der Waals surface area contributed by atoms with Crippen molar-refractivity contribution in [2.24, 2.45) is 5.92 Å². The Hall–Kier alpha value is -2.80. The molecule has 5 nitrogen and oxygen atoms in total. The zero-order chi connectivity index (χ0) is 25.8. The summed E-state index contributed by atoms with van der Waals surface area (Å²) in [6.07, 6.45) is 3.45. The van der Waals surface area contributed by atoms with Crippen molar-refractivity contribution in [1.29, 1.82) is 0 Å². The molecule has 3 aromatic carbocycles. The minimum atomic E-state index is -0.110. The average molecular weight is 534 g/mol. The van der Waals surface area contributed by atoms with Crippen molar-refractivity contribution < 1.29 is 9.59 Å². The summed E-state index contributed by atoms with van der Waals surface area (Å²) in [5.41, 5.74) is 2.94. The number of hydrogen-bond donors (Lipinski definition) is 1. The number of amides is 2. The van der Waals surface area contributed by atoms with E-state index in [1.54, 1.807) is 16.7 Å². The zero-order valence-corrected chi connectivity index (χ0v) is 22.7. The van der Waals surface area contributed by atoms with Gasteiger partial charge in [-0.25, -0.2) is 0 Å². The normalized spacial score (nSPS) is 16.2. The number of nitrogens with one attached hydrogen (secondary N) is 1. The third-order valence-electron chi connectivity index (χ3n) is 7.16. The van der Waals surface area contributed by atoms with Crippen LogP contribution < -0.4 is 10.2 Å². The maximum atomic E-state index is 13.7. The van der Waals surface area contributed by atoms with Gasteiger partial charge in [0.25, 0.3) is 11.8 Å². The van der Waals surface area contributed by atoms with Crippen LogP contribution in [0.1, 0.15) is 52.5 Å². The highest BCUT2D eigenvalue weighted by atomic mass is 35.5. The predicted octanol–water partition coefficient (Wildman–Crippen LogP) is 6.50. The number of carbonyl (C=O) groups is 2. The van der Waals surface area contributed by atoms with Gasteiger partial charge in [-0.3, -0.25) is 9.59 Å². The Kier molecular flexibility index (Phi) is 8.18. The Bertz CT molecular complexity index is 1270. The highest BCUT2D eigenvalue weighted by Gasteiger charge is 2.28. The van der Waals surface area contributed by atoms with Crippen LogP contribution in [0.25, 0.3) is 0 Å². The molecule has 0 radical (unpaired) electrons. The fourth-order valence-electron chi connectivity index (χ4n) is 4.88. The van der Waals surface area contributed by atoms with Gasteiger partial charge in [0.2, 0.25) is 0 Å². The van der Waals surface area contributed by atoms with Gasteiger partial charge in [-0.1, -0.05) is 54.6 Å². The van der Waals surface area contributed by atoms with Crippen LogP contribution in [0.15, 0.2) is 76.5 Å². The second kappa shape index (κ2) is 11.7. The average Bonchev–Trinajstić information content (AvgIpc) is 3.03. The van der Waals surface area contributed by atoms with Crippen LogP contribution in [0.2, 0.25) is 5.02 Å². The van der Waals surface area contributed by atoms with E-state index < -0.39 is 0 Å². The number of fused-ring (bicyclic) bond motifs is 2. The number of likely N-dealkylation sites (tertiary alicyclic amines) is 1. The maximum absolute atomic E-state index is 13.7. The van der Waals surface area contributed by atoms with Crippen molar-refractivity contribution in [1.82, 2.24) is 10.2 Å². The highest BCUT2D eigenvalue weighted by Crippen LogP contribution is 2.42. The van der Waals surface area contributed by atoms with Gasteiger partial charge < -0.3 is 15.1 Å². The molecule has 0 unspecified atom stereocenters. The first kappa shape index (κ1) is 25.8. The summed E-state index contributed by atoms with van der Waals surface area (Å²) >= 11 is 7.64. The molecule has 2 amide bonds. The minimum Gasteiger partial charge on any atom is -0.352 e. The van der Waals surface area contributed by atoms with Crippen molar-refractivity contribution in [2.75, 3.05) is 31.1 Å². The van der Waals surface area contributed by atoms with E-state index in [9.17, 15) is 9.59 Å². The van der Waals surface area contributed by atoms with Crippen LogP contribution in [0, 0.1) is 5.92 Å². The molecule has 192 valence electrons. The number of rotatable bonds is 7. The topological polar surface area (TPSA) is 52.7 Å². The van der Waals surface area contributed by atoms with Crippen molar-refractivity contribution in [2.45, 2.75) is 42.5 Å². The van der Waals surface area contributed by atoms with Crippen molar-refractivity contribution in [3.8, 4) is 0 Å². The molecule has 0 aliphatic carbocycles. The van der Waals surface area contributed by atoms with Gasteiger partial charge in [0.1, 0.15) is 0 Å². The highest BCUT2D eigenvalue weighted by molar-refractivity contribution is 7.99. The summed E-state index contributed by atoms with van der Waals surface area (Å²) in [5, 5.41) is 3.73. The lowest BCUT2D eigenvalue weighted by atomic mass is 9.99. The smallest absolute Gasteiger partial charge is 0.259 e. The molecule has 2 aliphatic rings. The van der Waals surface area contributed by atoms with E-state index in [4.69, 9.17) is 11.6 Å². The van der Waals surface area contributed by atoms with Gasteiger partial charge in [-0.2, -0.15) is 0 Å². The standard InChI is InChI=1S/C30H32ClN3O2S/c1-21-13-17-33(18-14-21)16-4-15-32-29(35)23-9-12-28-26(19-23)34(20-22-7-10-24(31)11-8-22)30(36)25-5-2-3-6-27(25)37-28/h2-3,5-12,19,21H,4,13-18,20H2,1H3,(H,32,35). The predicted molar refractivity (Wildman–Crippen MR) is 151 cm³/mol. The van der Waals surface area contributed by atoms with E-state index in [0.717, 1.165) is 53.0 Å². The first-order valence-corrected chi connectivity index (χ1v) is 14.1. The number of hydrogen-bond acceptors (Lipinski definition) is 4. The number of nitrogens with zero attached hydrogens (tertiary/aromatic N) is 2. The molecule has 0 saturated carbocycles. The summed E-state index contributed by atoms with van der Waals surface area (Å²) in [6.45, 7) is 6.65. The third kappa shape index (κ3) is 6.20. The van der Waals surface area contributed by atoms with Crippen molar-refractivity contribution >= 4 is 40.9 Å². The molecule has 3 aromatic rings. The minimum absolute atomic E-state index is 0.0785. The molecule has 0 atom stereocenters. The van der Waals surface area contributed by atoms with E-state index in [1.807, 2.05) is 66.7 Å². The number of benzene rings is 3. The molecule has 1 N–H and O–H groups in total. The van der Waals surface area contributed by atoms with E-state index in [0.29, 0.717) is 29.2 Å². The van der Waals surface area contributed by atoms with Crippen molar-refractivity contribution in [3.63, 3.8) is 0 Å². The molecule has 0 aromatic heterocycles. The van der Waals surface area contributed by atoms with E-state index in [2.05, 4.69) is 17.1 Å². The number of halogens is 1. The fourth-order valence-corrected chi connectivity index (χ4v) is 6.07. The van der Waals surface area contributed by atoms with E-state index in [1.165, 1.54) is 12.8 Å². The second-order valence-electron chi connectivity index (χ2n) is 9.93. The Labute approximate surface area is 228 Å². The molecule has 1 fully saturated rings.